The lowest BCUT2D eigenvalue weighted by molar-refractivity contribution is 0.768. The molecule has 1 aromatic carbocycles. The summed E-state index contributed by atoms with van der Waals surface area (Å²) in [5.41, 5.74) is 3.92. The highest BCUT2D eigenvalue weighted by Gasteiger charge is 2.21. The number of benzene rings is 1. The van der Waals surface area contributed by atoms with Crippen LogP contribution in [0.4, 0.5) is 5.82 Å². The van der Waals surface area contributed by atoms with E-state index in [0.717, 1.165) is 24.2 Å². The van der Waals surface area contributed by atoms with E-state index in [0.29, 0.717) is 6.04 Å². The summed E-state index contributed by atoms with van der Waals surface area (Å²) in [6.45, 7) is 0. The first-order valence-electron chi connectivity index (χ1n) is 6.52. The number of rotatable bonds is 2. The van der Waals surface area contributed by atoms with E-state index in [1.54, 1.807) is 12.4 Å². The van der Waals surface area contributed by atoms with Gasteiger partial charge in [-0.05, 0) is 30.0 Å². The summed E-state index contributed by atoms with van der Waals surface area (Å²) in [4.78, 5) is 4.43. The van der Waals surface area contributed by atoms with E-state index >= 15 is 0 Å². The van der Waals surface area contributed by atoms with Crippen molar-refractivity contribution < 1.29 is 0 Å². The van der Waals surface area contributed by atoms with Gasteiger partial charge in [0.15, 0.2) is 5.82 Å². The molecule has 0 saturated heterocycles. The van der Waals surface area contributed by atoms with Crippen LogP contribution in [0.15, 0.2) is 48.9 Å². The number of anilines is 1. The molecule has 0 saturated carbocycles. The second-order valence-corrected chi connectivity index (χ2v) is 4.96. The molecule has 94 valence electrons. The lowest BCUT2D eigenvalue weighted by Crippen LogP contribution is -2.20. The van der Waals surface area contributed by atoms with Gasteiger partial charge < -0.3 is 5.32 Å². The zero-order valence-corrected chi connectivity index (χ0v) is 10.5. The van der Waals surface area contributed by atoms with Gasteiger partial charge in [0, 0.05) is 18.4 Å². The van der Waals surface area contributed by atoms with Crippen LogP contribution in [0, 0.1) is 0 Å². The van der Waals surface area contributed by atoms with Crippen molar-refractivity contribution in [3.8, 4) is 0 Å². The first-order valence-corrected chi connectivity index (χ1v) is 6.52. The van der Waals surface area contributed by atoms with Gasteiger partial charge in [0.05, 0.1) is 6.20 Å². The van der Waals surface area contributed by atoms with Crippen LogP contribution < -0.4 is 5.32 Å². The van der Waals surface area contributed by atoms with Crippen LogP contribution in [-0.4, -0.2) is 20.6 Å². The minimum Gasteiger partial charge on any atom is -0.365 e. The van der Waals surface area contributed by atoms with Gasteiger partial charge >= 0.3 is 0 Å². The summed E-state index contributed by atoms with van der Waals surface area (Å²) < 4.78 is 1.84. The fourth-order valence-corrected chi connectivity index (χ4v) is 2.82. The third-order valence-corrected chi connectivity index (χ3v) is 3.72. The predicted molar refractivity (Wildman–Crippen MR) is 74.2 cm³/mol. The molecule has 1 aliphatic carbocycles. The highest BCUT2D eigenvalue weighted by Crippen LogP contribution is 2.25. The van der Waals surface area contributed by atoms with E-state index in [9.17, 15) is 0 Å². The Morgan fingerprint density at radius 1 is 1.05 bits per heavy atom. The first kappa shape index (κ1) is 10.6. The van der Waals surface area contributed by atoms with Crippen LogP contribution in [0.2, 0.25) is 0 Å². The lowest BCUT2D eigenvalue weighted by Gasteiger charge is -2.13. The van der Waals surface area contributed by atoms with E-state index in [-0.39, 0.29) is 0 Å². The molecule has 2 aromatic heterocycles. The van der Waals surface area contributed by atoms with Crippen LogP contribution in [-0.2, 0) is 12.8 Å². The Morgan fingerprint density at radius 3 is 2.63 bits per heavy atom. The average molecular weight is 250 g/mol. The van der Waals surface area contributed by atoms with Crippen LogP contribution >= 0.6 is 0 Å². The van der Waals surface area contributed by atoms with E-state index in [4.69, 9.17) is 0 Å². The molecule has 0 radical (unpaired) electrons. The van der Waals surface area contributed by atoms with E-state index in [1.807, 2.05) is 16.8 Å². The molecule has 4 nitrogen and oxygen atoms in total. The van der Waals surface area contributed by atoms with Gasteiger partial charge in [-0.1, -0.05) is 24.3 Å². The number of aromatic nitrogens is 3. The normalized spacial score (nSPS) is 14.7. The maximum absolute atomic E-state index is 4.43. The van der Waals surface area contributed by atoms with E-state index in [2.05, 4.69) is 39.7 Å². The molecule has 1 aliphatic rings. The maximum Gasteiger partial charge on any atom is 0.152 e. The Kier molecular flexibility index (Phi) is 2.27. The van der Waals surface area contributed by atoms with Crippen molar-refractivity contribution in [1.29, 1.82) is 0 Å². The highest BCUT2D eigenvalue weighted by molar-refractivity contribution is 5.67. The standard InChI is InChI=1S/C15H14N4/c1-2-4-12-10-13(9-11(12)3-1)18-15-14-5-6-17-19(14)8-7-16-15/h1-8,13H,9-10H2,(H,16,18). The Labute approximate surface area is 111 Å². The first-order chi connectivity index (χ1) is 9.40. The number of hydrogen-bond acceptors (Lipinski definition) is 3. The van der Waals surface area contributed by atoms with Gasteiger partial charge in [-0.3, -0.25) is 0 Å². The fourth-order valence-electron chi connectivity index (χ4n) is 2.82. The molecule has 0 amide bonds. The fraction of sp³-hybridized carbons (Fsp3) is 0.200. The number of nitrogens with zero attached hydrogens (tertiary/aromatic N) is 3. The molecule has 19 heavy (non-hydrogen) atoms. The minimum atomic E-state index is 0.422. The summed E-state index contributed by atoms with van der Waals surface area (Å²) in [5, 5.41) is 7.78. The van der Waals surface area contributed by atoms with Crippen molar-refractivity contribution >= 4 is 11.3 Å². The SMILES string of the molecule is c1ccc2c(c1)CC(Nc1nccn3nccc13)C2. The molecule has 4 rings (SSSR count). The molecule has 0 spiro atoms. The van der Waals surface area contributed by atoms with Crippen molar-refractivity contribution in [1.82, 2.24) is 14.6 Å². The molecule has 0 unspecified atom stereocenters. The second kappa shape index (κ2) is 4.09. The largest absolute Gasteiger partial charge is 0.365 e. The van der Waals surface area contributed by atoms with Crippen LogP contribution in [0.3, 0.4) is 0 Å². The molecule has 0 aliphatic heterocycles. The Balaban J connectivity index is 1.62. The number of fused-ring (bicyclic) bond motifs is 2. The third-order valence-electron chi connectivity index (χ3n) is 3.72. The van der Waals surface area contributed by atoms with Gasteiger partial charge in [-0.25, -0.2) is 9.50 Å². The van der Waals surface area contributed by atoms with Crippen LogP contribution in [0.25, 0.3) is 5.52 Å². The van der Waals surface area contributed by atoms with E-state index < -0.39 is 0 Å². The van der Waals surface area contributed by atoms with Gasteiger partial charge in [-0.2, -0.15) is 5.10 Å². The van der Waals surface area contributed by atoms with Crippen molar-refractivity contribution in [2.45, 2.75) is 18.9 Å². The predicted octanol–water partition coefficient (Wildman–Crippen LogP) is 2.31. The van der Waals surface area contributed by atoms with Gasteiger partial charge in [0.2, 0.25) is 0 Å². The topological polar surface area (TPSA) is 42.2 Å². The summed E-state index contributed by atoms with van der Waals surface area (Å²) in [6, 6.07) is 11.0. The van der Waals surface area contributed by atoms with Crippen molar-refractivity contribution in [3.05, 3.63) is 60.0 Å². The van der Waals surface area contributed by atoms with Crippen molar-refractivity contribution in [2.75, 3.05) is 5.32 Å². The Bertz CT molecular complexity index is 707. The van der Waals surface area contributed by atoms with E-state index in [1.165, 1.54) is 11.1 Å². The average Bonchev–Trinajstić information content (AvgIpc) is 3.04. The highest BCUT2D eigenvalue weighted by atomic mass is 15.2. The second-order valence-electron chi connectivity index (χ2n) is 4.96. The molecule has 2 heterocycles. The van der Waals surface area contributed by atoms with Crippen molar-refractivity contribution in [3.63, 3.8) is 0 Å². The molecule has 1 N–H and O–H groups in total. The molecule has 4 heteroatoms. The maximum atomic E-state index is 4.43. The van der Waals surface area contributed by atoms with Gasteiger partial charge in [0.25, 0.3) is 0 Å². The monoisotopic (exact) mass is 250 g/mol. The van der Waals surface area contributed by atoms with Crippen LogP contribution in [0.5, 0.6) is 0 Å². The molecule has 0 fully saturated rings. The molecular weight excluding hydrogens is 236 g/mol. The zero-order valence-electron chi connectivity index (χ0n) is 10.5. The zero-order chi connectivity index (χ0) is 12.7. The minimum absolute atomic E-state index is 0.422. The summed E-state index contributed by atoms with van der Waals surface area (Å²) in [7, 11) is 0. The quantitative estimate of drug-likeness (QED) is 0.759. The Hall–Kier alpha value is -2.36. The number of hydrogen-bond donors (Lipinski definition) is 1. The molecule has 0 bridgehead atoms. The van der Waals surface area contributed by atoms with Gasteiger partial charge in [-0.15, -0.1) is 0 Å². The molecular formula is C15H14N4. The third kappa shape index (κ3) is 1.76. The Morgan fingerprint density at radius 2 is 1.84 bits per heavy atom. The molecule has 0 atom stereocenters. The summed E-state index contributed by atoms with van der Waals surface area (Å²) >= 11 is 0. The number of nitrogens with one attached hydrogen (secondary N) is 1. The lowest BCUT2D eigenvalue weighted by atomic mass is 10.1. The summed E-state index contributed by atoms with van der Waals surface area (Å²) in [6.07, 6.45) is 7.57. The summed E-state index contributed by atoms with van der Waals surface area (Å²) in [5.74, 6) is 0.915. The van der Waals surface area contributed by atoms with Crippen molar-refractivity contribution in [2.24, 2.45) is 0 Å². The van der Waals surface area contributed by atoms with Crippen LogP contribution in [0.1, 0.15) is 11.1 Å². The molecule has 3 aromatic rings. The smallest absolute Gasteiger partial charge is 0.152 e. The van der Waals surface area contributed by atoms with Gasteiger partial charge in [0.1, 0.15) is 5.52 Å².